The molecule has 3 heteroatoms. The SMILES string of the molecule is C#CC.CC1=NN(C)C(=O)C1=Cc1ccccc1. The second kappa shape index (κ2) is 6.41. The molecule has 2 rings (SSSR count). The number of benzene rings is 1. The Hall–Kier alpha value is -2.34. The van der Waals surface area contributed by atoms with Gasteiger partial charge in [-0.15, -0.1) is 12.3 Å². The molecule has 1 aliphatic heterocycles. The Morgan fingerprint density at radius 2 is 1.89 bits per heavy atom. The minimum absolute atomic E-state index is 0.0450. The van der Waals surface area contributed by atoms with E-state index in [2.05, 4.69) is 17.4 Å². The number of hydrogen-bond donors (Lipinski definition) is 0. The molecule has 0 unspecified atom stereocenters. The van der Waals surface area contributed by atoms with Crippen LogP contribution < -0.4 is 0 Å². The Kier molecular flexibility index (Phi) is 4.89. The fourth-order valence-corrected chi connectivity index (χ4v) is 1.54. The summed E-state index contributed by atoms with van der Waals surface area (Å²) < 4.78 is 0. The predicted octanol–water partition coefficient (Wildman–Crippen LogP) is 2.56. The molecule has 0 saturated carbocycles. The highest BCUT2D eigenvalue weighted by Gasteiger charge is 2.23. The van der Waals surface area contributed by atoms with Crippen molar-refractivity contribution in [3.05, 3.63) is 41.5 Å². The molecule has 1 amide bonds. The van der Waals surface area contributed by atoms with Crippen molar-refractivity contribution < 1.29 is 4.79 Å². The lowest BCUT2D eigenvalue weighted by atomic mass is 10.1. The average molecular weight is 240 g/mol. The van der Waals surface area contributed by atoms with Crippen molar-refractivity contribution >= 4 is 17.7 Å². The van der Waals surface area contributed by atoms with E-state index >= 15 is 0 Å². The number of carbonyl (C=O) groups excluding carboxylic acids is 1. The van der Waals surface area contributed by atoms with Crippen LogP contribution in [0.2, 0.25) is 0 Å². The van der Waals surface area contributed by atoms with Crippen LogP contribution in [0, 0.1) is 12.3 Å². The van der Waals surface area contributed by atoms with Crippen LogP contribution in [-0.4, -0.2) is 23.7 Å². The van der Waals surface area contributed by atoms with Gasteiger partial charge in [-0.2, -0.15) is 5.10 Å². The van der Waals surface area contributed by atoms with Gasteiger partial charge in [0.15, 0.2) is 0 Å². The lowest BCUT2D eigenvalue weighted by Gasteiger charge is -2.01. The summed E-state index contributed by atoms with van der Waals surface area (Å²) in [7, 11) is 1.66. The quantitative estimate of drug-likeness (QED) is 0.548. The van der Waals surface area contributed by atoms with E-state index in [0.29, 0.717) is 5.57 Å². The molecule has 0 radical (unpaired) electrons. The van der Waals surface area contributed by atoms with E-state index < -0.39 is 0 Å². The number of terminal acetylenes is 1. The predicted molar refractivity (Wildman–Crippen MR) is 74.8 cm³/mol. The van der Waals surface area contributed by atoms with Crippen LogP contribution in [0.1, 0.15) is 19.4 Å². The van der Waals surface area contributed by atoms with Crippen molar-refractivity contribution in [3.63, 3.8) is 0 Å². The third-order valence-corrected chi connectivity index (χ3v) is 2.32. The van der Waals surface area contributed by atoms with E-state index in [1.807, 2.05) is 43.3 Å². The first-order chi connectivity index (χ1) is 8.60. The lowest BCUT2D eigenvalue weighted by Crippen LogP contribution is -2.16. The van der Waals surface area contributed by atoms with E-state index in [1.165, 1.54) is 5.01 Å². The highest BCUT2D eigenvalue weighted by molar-refractivity contribution is 6.26. The molecule has 18 heavy (non-hydrogen) atoms. The van der Waals surface area contributed by atoms with Gasteiger partial charge in [-0.25, -0.2) is 5.01 Å². The van der Waals surface area contributed by atoms with Gasteiger partial charge in [-0.1, -0.05) is 30.3 Å². The first-order valence-electron chi connectivity index (χ1n) is 5.58. The molecule has 0 saturated heterocycles. The summed E-state index contributed by atoms with van der Waals surface area (Å²) in [6.07, 6.45) is 6.46. The number of rotatable bonds is 1. The van der Waals surface area contributed by atoms with Gasteiger partial charge in [0.05, 0.1) is 11.3 Å². The molecule has 0 aromatic heterocycles. The Morgan fingerprint density at radius 1 is 1.33 bits per heavy atom. The molecule has 0 bridgehead atoms. The van der Waals surface area contributed by atoms with Gasteiger partial charge in [0, 0.05) is 7.05 Å². The Bertz CT molecular complexity index is 521. The molecule has 0 spiro atoms. The first-order valence-corrected chi connectivity index (χ1v) is 5.58. The van der Waals surface area contributed by atoms with E-state index in [9.17, 15) is 4.79 Å². The molecule has 1 aliphatic rings. The maximum atomic E-state index is 11.7. The van der Waals surface area contributed by atoms with Gasteiger partial charge in [-0.05, 0) is 25.5 Å². The van der Waals surface area contributed by atoms with Crippen molar-refractivity contribution in [1.82, 2.24) is 5.01 Å². The molecule has 1 heterocycles. The number of likely N-dealkylation sites (N-methyl/N-ethyl adjacent to an activating group) is 1. The van der Waals surface area contributed by atoms with Gasteiger partial charge in [0.25, 0.3) is 5.91 Å². The Labute approximate surface area is 108 Å². The topological polar surface area (TPSA) is 32.7 Å². The summed E-state index contributed by atoms with van der Waals surface area (Å²) in [6.45, 7) is 3.50. The highest BCUT2D eigenvalue weighted by Crippen LogP contribution is 2.16. The van der Waals surface area contributed by atoms with E-state index in [1.54, 1.807) is 14.0 Å². The third-order valence-electron chi connectivity index (χ3n) is 2.32. The molecule has 0 N–H and O–H groups in total. The van der Waals surface area contributed by atoms with Gasteiger partial charge in [0.2, 0.25) is 0 Å². The molecule has 92 valence electrons. The fraction of sp³-hybridized carbons (Fsp3) is 0.200. The standard InChI is InChI=1S/C12H12N2O.C3H4/c1-9-11(12(15)14(2)13-9)8-10-6-4-3-5-7-10;1-3-2/h3-8H,1-2H3;1H,2H3. The van der Waals surface area contributed by atoms with Crippen LogP contribution >= 0.6 is 0 Å². The van der Waals surface area contributed by atoms with Gasteiger partial charge < -0.3 is 0 Å². The molecular weight excluding hydrogens is 224 g/mol. The number of amides is 1. The third kappa shape index (κ3) is 3.33. The maximum absolute atomic E-state index is 11.7. The molecular formula is C15H16N2O. The van der Waals surface area contributed by atoms with E-state index in [0.717, 1.165) is 11.3 Å². The zero-order valence-corrected chi connectivity index (χ0v) is 10.8. The van der Waals surface area contributed by atoms with Crippen molar-refractivity contribution in [2.75, 3.05) is 7.05 Å². The van der Waals surface area contributed by atoms with Crippen molar-refractivity contribution in [2.45, 2.75) is 13.8 Å². The van der Waals surface area contributed by atoms with Crippen LogP contribution in [0.3, 0.4) is 0 Å². The maximum Gasteiger partial charge on any atom is 0.275 e. The largest absolute Gasteiger partial charge is 0.275 e. The summed E-state index contributed by atoms with van der Waals surface area (Å²) in [4.78, 5) is 11.7. The summed E-state index contributed by atoms with van der Waals surface area (Å²) in [6, 6.07) is 9.77. The van der Waals surface area contributed by atoms with Crippen molar-refractivity contribution in [2.24, 2.45) is 5.10 Å². The number of nitrogens with zero attached hydrogens (tertiary/aromatic N) is 2. The lowest BCUT2D eigenvalue weighted by molar-refractivity contribution is -0.124. The molecule has 1 aromatic carbocycles. The van der Waals surface area contributed by atoms with E-state index in [4.69, 9.17) is 0 Å². The Morgan fingerprint density at radius 3 is 2.33 bits per heavy atom. The second-order valence-corrected chi connectivity index (χ2v) is 3.77. The van der Waals surface area contributed by atoms with Crippen LogP contribution in [-0.2, 0) is 4.79 Å². The van der Waals surface area contributed by atoms with Gasteiger partial charge >= 0.3 is 0 Å². The molecule has 3 nitrogen and oxygen atoms in total. The van der Waals surface area contributed by atoms with Gasteiger partial charge in [-0.3, -0.25) is 4.79 Å². The molecule has 1 aromatic rings. The molecule has 0 atom stereocenters. The minimum Gasteiger partial charge on any atom is -0.267 e. The molecule has 0 aliphatic carbocycles. The average Bonchev–Trinajstić information content (AvgIpc) is 2.58. The number of carbonyl (C=O) groups is 1. The fourth-order valence-electron chi connectivity index (χ4n) is 1.54. The summed E-state index contributed by atoms with van der Waals surface area (Å²) in [5.41, 5.74) is 2.46. The van der Waals surface area contributed by atoms with Crippen molar-refractivity contribution in [3.8, 4) is 12.3 Å². The minimum atomic E-state index is -0.0450. The number of hydrazone groups is 1. The first kappa shape index (κ1) is 13.7. The monoisotopic (exact) mass is 240 g/mol. The smallest absolute Gasteiger partial charge is 0.267 e. The van der Waals surface area contributed by atoms with E-state index in [-0.39, 0.29) is 5.91 Å². The highest BCUT2D eigenvalue weighted by atomic mass is 16.2. The van der Waals surface area contributed by atoms with Crippen LogP contribution in [0.4, 0.5) is 0 Å². The van der Waals surface area contributed by atoms with Crippen LogP contribution in [0.5, 0.6) is 0 Å². The van der Waals surface area contributed by atoms with Gasteiger partial charge in [0.1, 0.15) is 0 Å². The molecule has 0 fully saturated rings. The van der Waals surface area contributed by atoms with Crippen LogP contribution in [0.25, 0.3) is 6.08 Å². The number of hydrogen-bond acceptors (Lipinski definition) is 2. The Balaban J connectivity index is 0.000000492. The summed E-state index contributed by atoms with van der Waals surface area (Å²) in [5.74, 6) is 2.20. The summed E-state index contributed by atoms with van der Waals surface area (Å²) in [5, 5.41) is 5.44. The van der Waals surface area contributed by atoms with Crippen LogP contribution in [0.15, 0.2) is 41.0 Å². The normalized spacial score (nSPS) is 15.9. The second-order valence-electron chi connectivity index (χ2n) is 3.77. The zero-order valence-electron chi connectivity index (χ0n) is 10.8. The van der Waals surface area contributed by atoms with Crippen molar-refractivity contribution in [1.29, 1.82) is 0 Å². The zero-order chi connectivity index (χ0) is 13.5. The summed E-state index contributed by atoms with van der Waals surface area (Å²) >= 11 is 0.